The summed E-state index contributed by atoms with van der Waals surface area (Å²) in [5.74, 6) is 0. The molecule has 1 aliphatic rings. The standard InChI is InChI=1S/C14H18NO2/c1-14(2,3)17-13(16)15-9-8-11-6-4-5-7-12(11)10-15/h4-5,7H,8-10H2,1-3H3. The van der Waals surface area contributed by atoms with Crippen molar-refractivity contribution in [3.8, 4) is 0 Å². The summed E-state index contributed by atoms with van der Waals surface area (Å²) in [6.07, 6.45) is 0.627. The molecular formula is C14H18NO2. The van der Waals surface area contributed by atoms with Crippen LogP contribution in [-0.2, 0) is 17.7 Å². The van der Waals surface area contributed by atoms with Crippen molar-refractivity contribution in [3.05, 3.63) is 35.4 Å². The molecule has 0 saturated carbocycles. The molecule has 0 spiro atoms. The minimum absolute atomic E-state index is 0.230. The molecule has 0 saturated heterocycles. The second-order valence-corrected chi connectivity index (χ2v) is 5.33. The van der Waals surface area contributed by atoms with Gasteiger partial charge in [0.25, 0.3) is 0 Å². The first kappa shape index (κ1) is 12.0. The molecule has 0 N–H and O–H groups in total. The Balaban J connectivity index is 2.05. The summed E-state index contributed by atoms with van der Waals surface area (Å²) in [4.78, 5) is 13.7. The molecule has 1 aromatic carbocycles. The van der Waals surface area contributed by atoms with Crippen LogP contribution < -0.4 is 0 Å². The zero-order valence-corrected chi connectivity index (χ0v) is 10.6. The molecule has 1 amide bonds. The summed E-state index contributed by atoms with van der Waals surface area (Å²) in [5, 5.41) is 0. The van der Waals surface area contributed by atoms with Crippen LogP contribution in [-0.4, -0.2) is 23.1 Å². The van der Waals surface area contributed by atoms with Crippen LogP contribution in [0.15, 0.2) is 18.2 Å². The van der Waals surface area contributed by atoms with E-state index in [-0.39, 0.29) is 6.09 Å². The summed E-state index contributed by atoms with van der Waals surface area (Å²) in [7, 11) is 0. The van der Waals surface area contributed by atoms with Crippen LogP contribution in [0.4, 0.5) is 4.79 Å². The average molecular weight is 232 g/mol. The van der Waals surface area contributed by atoms with Crippen molar-refractivity contribution in [1.29, 1.82) is 0 Å². The Morgan fingerprint density at radius 1 is 1.47 bits per heavy atom. The van der Waals surface area contributed by atoms with Gasteiger partial charge >= 0.3 is 6.09 Å². The SMILES string of the molecule is CC(C)(C)OC(=O)N1CCc2[c]cccc2C1. The fourth-order valence-corrected chi connectivity index (χ4v) is 1.90. The van der Waals surface area contributed by atoms with E-state index in [9.17, 15) is 4.79 Å². The van der Waals surface area contributed by atoms with Gasteiger partial charge in [-0.25, -0.2) is 4.79 Å². The number of fused-ring (bicyclic) bond motifs is 1. The lowest BCUT2D eigenvalue weighted by atomic mass is 10.0. The van der Waals surface area contributed by atoms with Gasteiger partial charge in [0.1, 0.15) is 5.60 Å². The fraction of sp³-hybridized carbons (Fsp3) is 0.500. The van der Waals surface area contributed by atoms with E-state index in [4.69, 9.17) is 4.74 Å². The summed E-state index contributed by atoms with van der Waals surface area (Å²) >= 11 is 0. The van der Waals surface area contributed by atoms with Gasteiger partial charge in [0, 0.05) is 13.1 Å². The van der Waals surface area contributed by atoms with Crippen LogP contribution in [0.5, 0.6) is 0 Å². The quantitative estimate of drug-likeness (QED) is 0.688. The first-order valence-electron chi connectivity index (χ1n) is 5.92. The Morgan fingerprint density at radius 3 is 2.94 bits per heavy atom. The van der Waals surface area contributed by atoms with Crippen LogP contribution in [0, 0.1) is 6.07 Å². The average Bonchev–Trinajstić information content (AvgIpc) is 2.26. The van der Waals surface area contributed by atoms with Crippen molar-refractivity contribution in [2.75, 3.05) is 6.54 Å². The van der Waals surface area contributed by atoms with Gasteiger partial charge in [-0.05, 0) is 44.4 Å². The van der Waals surface area contributed by atoms with E-state index in [0.717, 1.165) is 6.42 Å². The zero-order chi connectivity index (χ0) is 12.5. The molecule has 3 nitrogen and oxygen atoms in total. The van der Waals surface area contributed by atoms with Crippen LogP contribution >= 0.6 is 0 Å². The number of nitrogens with zero attached hydrogens (tertiary/aromatic N) is 1. The van der Waals surface area contributed by atoms with Gasteiger partial charge in [-0.1, -0.05) is 18.2 Å². The van der Waals surface area contributed by atoms with Gasteiger partial charge in [-0.3, -0.25) is 0 Å². The molecule has 1 radical (unpaired) electrons. The first-order chi connectivity index (χ1) is 7.96. The largest absolute Gasteiger partial charge is 0.444 e. The zero-order valence-electron chi connectivity index (χ0n) is 10.6. The third-order valence-electron chi connectivity index (χ3n) is 2.68. The van der Waals surface area contributed by atoms with E-state index in [1.807, 2.05) is 39.0 Å². The van der Waals surface area contributed by atoms with Crippen molar-refractivity contribution in [2.45, 2.75) is 39.3 Å². The predicted molar refractivity (Wildman–Crippen MR) is 65.6 cm³/mol. The van der Waals surface area contributed by atoms with Gasteiger partial charge in [-0.15, -0.1) is 0 Å². The summed E-state index contributed by atoms with van der Waals surface area (Å²) in [5.41, 5.74) is 1.96. The van der Waals surface area contributed by atoms with Crippen molar-refractivity contribution in [1.82, 2.24) is 4.90 Å². The summed E-state index contributed by atoms with van der Waals surface area (Å²) in [6.45, 7) is 6.99. The minimum Gasteiger partial charge on any atom is -0.444 e. The van der Waals surface area contributed by atoms with Gasteiger partial charge in [0.2, 0.25) is 0 Å². The highest BCUT2D eigenvalue weighted by molar-refractivity contribution is 5.68. The van der Waals surface area contributed by atoms with E-state index >= 15 is 0 Å². The second kappa shape index (κ2) is 4.40. The Morgan fingerprint density at radius 2 is 2.24 bits per heavy atom. The molecule has 1 heterocycles. The van der Waals surface area contributed by atoms with Crippen molar-refractivity contribution in [2.24, 2.45) is 0 Å². The topological polar surface area (TPSA) is 29.5 Å². The number of ether oxygens (including phenoxy) is 1. The van der Waals surface area contributed by atoms with Crippen molar-refractivity contribution in [3.63, 3.8) is 0 Å². The normalized spacial score (nSPS) is 15.4. The molecular weight excluding hydrogens is 214 g/mol. The molecule has 0 bridgehead atoms. The molecule has 0 aromatic heterocycles. The van der Waals surface area contributed by atoms with Crippen LogP contribution in [0.3, 0.4) is 0 Å². The highest BCUT2D eigenvalue weighted by atomic mass is 16.6. The molecule has 2 rings (SSSR count). The summed E-state index contributed by atoms with van der Waals surface area (Å²) < 4.78 is 5.37. The van der Waals surface area contributed by atoms with E-state index in [1.165, 1.54) is 11.1 Å². The first-order valence-corrected chi connectivity index (χ1v) is 5.92. The van der Waals surface area contributed by atoms with Crippen LogP contribution in [0.25, 0.3) is 0 Å². The molecule has 3 heteroatoms. The lowest BCUT2D eigenvalue weighted by molar-refractivity contribution is 0.0224. The smallest absolute Gasteiger partial charge is 0.410 e. The Kier molecular flexibility index (Phi) is 3.09. The van der Waals surface area contributed by atoms with Gasteiger partial charge in [-0.2, -0.15) is 0 Å². The fourth-order valence-electron chi connectivity index (χ4n) is 1.90. The number of rotatable bonds is 0. The Hall–Kier alpha value is -1.51. The van der Waals surface area contributed by atoms with E-state index in [0.29, 0.717) is 13.1 Å². The molecule has 0 fully saturated rings. The molecule has 17 heavy (non-hydrogen) atoms. The molecule has 1 aromatic rings. The van der Waals surface area contributed by atoms with Gasteiger partial charge in [0.05, 0.1) is 0 Å². The predicted octanol–water partition coefficient (Wildman–Crippen LogP) is 2.78. The Bertz CT molecular complexity index is 420. The summed E-state index contributed by atoms with van der Waals surface area (Å²) in [6, 6.07) is 9.14. The molecule has 0 unspecified atom stereocenters. The molecule has 91 valence electrons. The minimum atomic E-state index is -0.430. The third kappa shape index (κ3) is 2.99. The van der Waals surface area contributed by atoms with E-state index in [1.54, 1.807) is 4.90 Å². The number of carbonyl (C=O) groups is 1. The third-order valence-corrected chi connectivity index (χ3v) is 2.68. The maximum Gasteiger partial charge on any atom is 0.410 e. The van der Waals surface area contributed by atoms with E-state index < -0.39 is 5.60 Å². The highest BCUT2D eigenvalue weighted by Gasteiger charge is 2.25. The molecule has 1 aliphatic heterocycles. The van der Waals surface area contributed by atoms with Crippen LogP contribution in [0.2, 0.25) is 0 Å². The number of benzene rings is 1. The number of hydrogen-bond donors (Lipinski definition) is 0. The Labute approximate surface area is 102 Å². The lowest BCUT2D eigenvalue weighted by Crippen LogP contribution is -2.39. The maximum atomic E-state index is 11.9. The van der Waals surface area contributed by atoms with Crippen molar-refractivity contribution < 1.29 is 9.53 Å². The van der Waals surface area contributed by atoms with Gasteiger partial charge < -0.3 is 9.64 Å². The maximum absolute atomic E-state index is 11.9. The number of carbonyl (C=O) groups excluding carboxylic acids is 1. The van der Waals surface area contributed by atoms with Crippen molar-refractivity contribution >= 4 is 6.09 Å². The van der Waals surface area contributed by atoms with E-state index in [2.05, 4.69) is 6.07 Å². The number of amides is 1. The molecule has 0 atom stereocenters. The monoisotopic (exact) mass is 232 g/mol. The van der Waals surface area contributed by atoms with Gasteiger partial charge in [0.15, 0.2) is 0 Å². The number of hydrogen-bond acceptors (Lipinski definition) is 2. The molecule has 0 aliphatic carbocycles. The highest BCUT2D eigenvalue weighted by Crippen LogP contribution is 2.20. The second-order valence-electron chi connectivity index (χ2n) is 5.33. The van der Waals surface area contributed by atoms with Crippen LogP contribution in [0.1, 0.15) is 31.9 Å². The lowest BCUT2D eigenvalue weighted by Gasteiger charge is -2.31.